The monoisotopic (exact) mass is 302 g/mol. The lowest BCUT2D eigenvalue weighted by atomic mass is 10.0. The summed E-state index contributed by atoms with van der Waals surface area (Å²) in [5, 5.41) is 13.7. The number of carbonyl (C=O) groups is 1. The van der Waals surface area contributed by atoms with E-state index in [2.05, 4.69) is 25.9 Å². The van der Waals surface area contributed by atoms with Gasteiger partial charge in [-0.3, -0.25) is 4.68 Å². The highest BCUT2D eigenvalue weighted by Crippen LogP contribution is 2.38. The fraction of sp³-hybridized carbons (Fsp3) is 0.375. The van der Waals surface area contributed by atoms with Crippen LogP contribution in [0.1, 0.15) is 31.1 Å². The molecule has 0 saturated heterocycles. The molecule has 6 nitrogen and oxygen atoms in total. The first-order valence-corrected chi connectivity index (χ1v) is 7.09. The molecule has 0 aliphatic carbocycles. The van der Waals surface area contributed by atoms with Crippen molar-refractivity contribution >= 4 is 5.97 Å². The zero-order valence-corrected chi connectivity index (χ0v) is 12.8. The number of nitrogens with zero attached hydrogens (tertiary/aromatic N) is 2. The van der Waals surface area contributed by atoms with E-state index in [0.29, 0.717) is 24.7 Å². The largest absolute Gasteiger partial charge is 0.486 e. The summed E-state index contributed by atoms with van der Waals surface area (Å²) >= 11 is 0. The van der Waals surface area contributed by atoms with Crippen LogP contribution >= 0.6 is 0 Å². The van der Waals surface area contributed by atoms with Crippen molar-refractivity contribution in [1.29, 1.82) is 0 Å². The molecule has 0 spiro atoms. The van der Waals surface area contributed by atoms with E-state index in [1.807, 2.05) is 10.9 Å². The van der Waals surface area contributed by atoms with Crippen molar-refractivity contribution in [1.82, 2.24) is 9.78 Å². The Kier molecular flexibility index (Phi) is 3.31. The van der Waals surface area contributed by atoms with Crippen LogP contribution in [0.2, 0.25) is 0 Å². The van der Waals surface area contributed by atoms with Gasteiger partial charge in [0.05, 0.1) is 11.7 Å². The van der Waals surface area contributed by atoms with E-state index in [0.717, 1.165) is 11.1 Å². The topological polar surface area (TPSA) is 73.6 Å². The Morgan fingerprint density at radius 2 is 1.95 bits per heavy atom. The molecule has 0 bridgehead atoms. The van der Waals surface area contributed by atoms with Crippen molar-refractivity contribution in [2.75, 3.05) is 13.2 Å². The van der Waals surface area contributed by atoms with Gasteiger partial charge in [0.2, 0.25) is 0 Å². The second-order valence-corrected chi connectivity index (χ2v) is 6.20. The predicted molar refractivity (Wildman–Crippen MR) is 80.6 cm³/mol. The highest BCUT2D eigenvalue weighted by molar-refractivity contribution is 5.94. The number of carboxylic acids is 1. The van der Waals surface area contributed by atoms with Gasteiger partial charge in [-0.05, 0) is 38.5 Å². The van der Waals surface area contributed by atoms with E-state index in [1.165, 1.54) is 0 Å². The molecule has 0 atom stereocenters. The third kappa shape index (κ3) is 2.52. The maximum Gasteiger partial charge on any atom is 0.339 e. The second kappa shape index (κ2) is 5.05. The van der Waals surface area contributed by atoms with Crippen LogP contribution in [0.3, 0.4) is 0 Å². The normalized spacial score (nSPS) is 14.0. The van der Waals surface area contributed by atoms with Gasteiger partial charge in [0.25, 0.3) is 0 Å². The van der Waals surface area contributed by atoms with Crippen LogP contribution in [0.25, 0.3) is 11.1 Å². The quantitative estimate of drug-likeness (QED) is 0.923. The second-order valence-electron chi connectivity index (χ2n) is 6.20. The van der Waals surface area contributed by atoms with Gasteiger partial charge in [0, 0.05) is 11.8 Å². The van der Waals surface area contributed by atoms with E-state index in [9.17, 15) is 9.90 Å². The molecule has 1 aliphatic rings. The molecule has 3 rings (SSSR count). The van der Waals surface area contributed by atoms with Crippen LogP contribution in [0.5, 0.6) is 11.5 Å². The Labute approximate surface area is 128 Å². The molecule has 1 N–H and O–H groups in total. The Balaban J connectivity index is 2.09. The number of rotatable bonds is 2. The van der Waals surface area contributed by atoms with Crippen molar-refractivity contribution in [3.63, 3.8) is 0 Å². The van der Waals surface area contributed by atoms with E-state index in [-0.39, 0.29) is 11.1 Å². The van der Waals surface area contributed by atoms with Gasteiger partial charge < -0.3 is 14.6 Å². The van der Waals surface area contributed by atoms with Crippen molar-refractivity contribution in [3.05, 3.63) is 30.1 Å². The maximum atomic E-state index is 11.5. The minimum Gasteiger partial charge on any atom is -0.486 e. The molecule has 6 heteroatoms. The number of ether oxygens (including phenoxy) is 2. The van der Waals surface area contributed by atoms with E-state index in [1.54, 1.807) is 18.3 Å². The molecular weight excluding hydrogens is 284 g/mol. The van der Waals surface area contributed by atoms with Crippen LogP contribution in [-0.4, -0.2) is 34.1 Å². The average molecular weight is 302 g/mol. The lowest BCUT2D eigenvalue weighted by Gasteiger charge is -2.21. The van der Waals surface area contributed by atoms with E-state index < -0.39 is 5.97 Å². The summed E-state index contributed by atoms with van der Waals surface area (Å²) in [7, 11) is 0. The smallest absolute Gasteiger partial charge is 0.339 e. The van der Waals surface area contributed by atoms with Gasteiger partial charge in [-0.25, -0.2) is 4.79 Å². The van der Waals surface area contributed by atoms with Crippen molar-refractivity contribution < 1.29 is 19.4 Å². The molecule has 0 unspecified atom stereocenters. The Morgan fingerprint density at radius 1 is 1.23 bits per heavy atom. The fourth-order valence-corrected chi connectivity index (χ4v) is 2.32. The molecule has 1 aromatic heterocycles. The Hall–Kier alpha value is -2.50. The molecule has 2 heterocycles. The molecule has 0 amide bonds. The number of benzene rings is 1. The standard InChI is InChI=1S/C16H18N2O4/c1-16(2,3)18-9-11(8-17-18)10-6-12(15(19)20)14-13(7-10)21-4-5-22-14/h6-9H,4-5H2,1-3H3,(H,19,20). The predicted octanol–water partition coefficient (Wildman–Crippen LogP) is 2.77. The molecular formula is C16H18N2O4. The summed E-state index contributed by atoms with van der Waals surface area (Å²) in [6, 6.07) is 3.39. The van der Waals surface area contributed by atoms with Gasteiger partial charge in [-0.15, -0.1) is 0 Å². The first-order chi connectivity index (χ1) is 10.4. The molecule has 1 aromatic carbocycles. The molecule has 2 aromatic rings. The van der Waals surface area contributed by atoms with Crippen LogP contribution in [-0.2, 0) is 5.54 Å². The minimum atomic E-state index is -1.04. The molecule has 22 heavy (non-hydrogen) atoms. The van der Waals surface area contributed by atoms with Crippen molar-refractivity contribution in [2.45, 2.75) is 26.3 Å². The van der Waals surface area contributed by atoms with E-state index >= 15 is 0 Å². The summed E-state index contributed by atoms with van der Waals surface area (Å²) in [5.74, 6) is -0.276. The summed E-state index contributed by atoms with van der Waals surface area (Å²) < 4.78 is 12.8. The molecule has 0 fully saturated rings. The SMILES string of the molecule is CC(C)(C)n1cc(-c2cc3c(c(C(=O)O)c2)OCCO3)cn1. The highest BCUT2D eigenvalue weighted by atomic mass is 16.6. The number of carboxylic acid groups (broad SMARTS) is 1. The van der Waals surface area contributed by atoms with Gasteiger partial charge in [-0.2, -0.15) is 5.10 Å². The molecule has 116 valence electrons. The van der Waals surface area contributed by atoms with Gasteiger partial charge in [0.15, 0.2) is 11.5 Å². The number of aromatic carboxylic acids is 1. The van der Waals surface area contributed by atoms with Crippen LogP contribution in [0, 0.1) is 0 Å². The van der Waals surface area contributed by atoms with Crippen LogP contribution in [0.4, 0.5) is 0 Å². The average Bonchev–Trinajstić information content (AvgIpc) is 2.95. The third-order valence-corrected chi connectivity index (χ3v) is 3.48. The third-order valence-electron chi connectivity index (χ3n) is 3.48. The van der Waals surface area contributed by atoms with Gasteiger partial charge >= 0.3 is 5.97 Å². The molecule has 1 aliphatic heterocycles. The summed E-state index contributed by atoms with van der Waals surface area (Å²) in [4.78, 5) is 11.5. The number of aromatic nitrogens is 2. The molecule has 0 radical (unpaired) electrons. The van der Waals surface area contributed by atoms with Crippen LogP contribution < -0.4 is 9.47 Å². The highest BCUT2D eigenvalue weighted by Gasteiger charge is 2.23. The van der Waals surface area contributed by atoms with Crippen molar-refractivity contribution in [3.8, 4) is 22.6 Å². The first kappa shape index (κ1) is 14.4. The van der Waals surface area contributed by atoms with Gasteiger partial charge in [0.1, 0.15) is 18.8 Å². The number of fused-ring (bicyclic) bond motifs is 1. The zero-order chi connectivity index (χ0) is 15.9. The summed E-state index contributed by atoms with van der Waals surface area (Å²) in [6.45, 7) is 6.92. The van der Waals surface area contributed by atoms with Crippen LogP contribution in [0.15, 0.2) is 24.5 Å². The number of hydrogen-bond donors (Lipinski definition) is 1. The summed E-state index contributed by atoms with van der Waals surface area (Å²) in [6.07, 6.45) is 3.62. The first-order valence-electron chi connectivity index (χ1n) is 7.09. The van der Waals surface area contributed by atoms with E-state index in [4.69, 9.17) is 9.47 Å². The Morgan fingerprint density at radius 3 is 2.59 bits per heavy atom. The number of hydrogen-bond acceptors (Lipinski definition) is 4. The van der Waals surface area contributed by atoms with Gasteiger partial charge in [-0.1, -0.05) is 0 Å². The zero-order valence-electron chi connectivity index (χ0n) is 12.8. The summed E-state index contributed by atoms with van der Waals surface area (Å²) in [5.41, 5.74) is 1.56. The van der Waals surface area contributed by atoms with Crippen molar-refractivity contribution in [2.24, 2.45) is 0 Å². The lowest BCUT2D eigenvalue weighted by Crippen LogP contribution is -2.21. The minimum absolute atomic E-state index is 0.107. The Bertz CT molecular complexity index is 728. The lowest BCUT2D eigenvalue weighted by molar-refractivity contribution is 0.0686. The maximum absolute atomic E-state index is 11.5. The fourth-order valence-electron chi connectivity index (χ4n) is 2.32. The molecule has 0 saturated carbocycles.